The van der Waals surface area contributed by atoms with Crippen LogP contribution in [0.2, 0.25) is 0 Å². The van der Waals surface area contributed by atoms with Crippen LogP contribution in [0.3, 0.4) is 0 Å². The minimum atomic E-state index is -0.908. The number of hydrogen-bond acceptors (Lipinski definition) is 5. The van der Waals surface area contributed by atoms with Crippen LogP contribution in [0.4, 0.5) is 0 Å². The second kappa shape index (κ2) is 5.40. The van der Waals surface area contributed by atoms with E-state index in [9.17, 15) is 9.59 Å². The van der Waals surface area contributed by atoms with Gasteiger partial charge in [0.1, 0.15) is 0 Å². The molecule has 0 bridgehead atoms. The molecule has 0 aliphatic heterocycles. The first-order valence-electron chi connectivity index (χ1n) is 4.43. The highest BCUT2D eigenvalue weighted by atomic mass is 32.1. The van der Waals surface area contributed by atoms with Gasteiger partial charge in [0.15, 0.2) is 5.69 Å². The van der Waals surface area contributed by atoms with Crippen LogP contribution >= 0.6 is 11.7 Å². The molecule has 82 valence electrons. The molecule has 0 radical (unpaired) electrons. The van der Waals surface area contributed by atoms with Crippen LogP contribution < -0.4 is 5.32 Å². The molecule has 1 rings (SSSR count). The highest BCUT2D eigenvalue weighted by molar-refractivity contribution is 6.99. The molecular formula is C8H11N3O3S. The van der Waals surface area contributed by atoms with E-state index in [2.05, 4.69) is 14.1 Å². The van der Waals surface area contributed by atoms with Crippen molar-refractivity contribution < 1.29 is 14.7 Å². The Bertz CT molecular complexity index is 339. The summed E-state index contributed by atoms with van der Waals surface area (Å²) >= 11 is 0.937. The van der Waals surface area contributed by atoms with Crippen molar-refractivity contribution in [3.05, 3.63) is 11.9 Å². The Morgan fingerprint density at radius 2 is 2.40 bits per heavy atom. The van der Waals surface area contributed by atoms with Gasteiger partial charge in [0.05, 0.1) is 23.8 Å². The summed E-state index contributed by atoms with van der Waals surface area (Å²) in [7, 11) is 0. The van der Waals surface area contributed by atoms with E-state index in [1.54, 1.807) is 6.92 Å². The average Bonchev–Trinajstić information content (AvgIpc) is 2.70. The van der Waals surface area contributed by atoms with Crippen LogP contribution in [0.1, 0.15) is 23.8 Å². The van der Waals surface area contributed by atoms with Crippen molar-refractivity contribution in [2.45, 2.75) is 13.3 Å². The molecule has 7 heteroatoms. The van der Waals surface area contributed by atoms with E-state index in [0.29, 0.717) is 6.42 Å². The highest BCUT2D eigenvalue weighted by Gasteiger charge is 2.17. The van der Waals surface area contributed by atoms with Gasteiger partial charge in [0, 0.05) is 6.54 Å². The van der Waals surface area contributed by atoms with E-state index >= 15 is 0 Å². The monoisotopic (exact) mass is 229 g/mol. The molecule has 0 fully saturated rings. The van der Waals surface area contributed by atoms with Crippen molar-refractivity contribution >= 4 is 23.6 Å². The fraction of sp³-hybridized carbons (Fsp3) is 0.500. The minimum absolute atomic E-state index is 0.113. The van der Waals surface area contributed by atoms with Gasteiger partial charge >= 0.3 is 5.97 Å². The van der Waals surface area contributed by atoms with E-state index in [0.717, 1.165) is 11.7 Å². The molecule has 0 saturated carbocycles. The quantitative estimate of drug-likeness (QED) is 0.761. The molecule has 0 saturated heterocycles. The molecule has 1 heterocycles. The standard InChI is InChI=1S/C8H11N3O3S/c1-2-5(8(13)14)3-9-7(12)6-4-10-15-11-6/h4-5H,2-3H2,1H3,(H,9,12)(H,13,14). The van der Waals surface area contributed by atoms with Gasteiger partial charge in [0.25, 0.3) is 5.91 Å². The summed E-state index contributed by atoms with van der Waals surface area (Å²) < 4.78 is 7.41. The fourth-order valence-electron chi connectivity index (χ4n) is 0.977. The number of rotatable bonds is 5. The predicted octanol–water partition coefficient (Wildman–Crippen LogP) is 0.379. The average molecular weight is 229 g/mol. The molecule has 0 aromatic carbocycles. The summed E-state index contributed by atoms with van der Waals surface area (Å²) in [4.78, 5) is 22.0. The third-order valence-corrected chi connectivity index (χ3v) is 2.42. The van der Waals surface area contributed by atoms with Gasteiger partial charge < -0.3 is 10.4 Å². The number of carboxylic acids is 1. The zero-order valence-corrected chi connectivity index (χ0v) is 8.95. The number of carbonyl (C=O) groups excluding carboxylic acids is 1. The number of aliphatic carboxylic acids is 1. The largest absolute Gasteiger partial charge is 0.481 e. The van der Waals surface area contributed by atoms with Gasteiger partial charge in [-0.25, -0.2) is 0 Å². The summed E-state index contributed by atoms with van der Waals surface area (Å²) in [6.07, 6.45) is 1.83. The lowest BCUT2D eigenvalue weighted by Crippen LogP contribution is -2.32. The van der Waals surface area contributed by atoms with E-state index in [1.807, 2.05) is 0 Å². The van der Waals surface area contributed by atoms with E-state index in [-0.39, 0.29) is 18.1 Å². The first-order valence-corrected chi connectivity index (χ1v) is 5.16. The topological polar surface area (TPSA) is 92.2 Å². The van der Waals surface area contributed by atoms with E-state index in [1.165, 1.54) is 6.20 Å². The van der Waals surface area contributed by atoms with Gasteiger partial charge in [-0.15, -0.1) is 0 Å². The maximum atomic E-state index is 11.3. The summed E-state index contributed by atoms with van der Waals surface area (Å²) in [5.41, 5.74) is 0.222. The van der Waals surface area contributed by atoms with Crippen LogP contribution in [0.15, 0.2) is 6.20 Å². The molecule has 15 heavy (non-hydrogen) atoms. The molecule has 6 nitrogen and oxygen atoms in total. The Hall–Kier alpha value is -1.50. The maximum absolute atomic E-state index is 11.3. The Labute approximate surface area is 90.7 Å². The molecule has 2 N–H and O–H groups in total. The van der Waals surface area contributed by atoms with Crippen molar-refractivity contribution in [2.24, 2.45) is 5.92 Å². The third-order valence-electron chi connectivity index (χ3n) is 1.95. The molecule has 1 aromatic heterocycles. The number of aromatic nitrogens is 2. The number of carboxylic acid groups (broad SMARTS) is 1. The Balaban J connectivity index is 2.43. The third kappa shape index (κ3) is 3.28. The molecule has 1 unspecified atom stereocenters. The zero-order chi connectivity index (χ0) is 11.3. The molecule has 0 aliphatic carbocycles. The SMILES string of the molecule is CCC(CNC(=O)c1cnsn1)C(=O)O. The lowest BCUT2D eigenvalue weighted by molar-refractivity contribution is -0.141. The van der Waals surface area contributed by atoms with Crippen molar-refractivity contribution in [3.63, 3.8) is 0 Å². The van der Waals surface area contributed by atoms with E-state index in [4.69, 9.17) is 5.11 Å². The minimum Gasteiger partial charge on any atom is -0.481 e. The Kier molecular flexibility index (Phi) is 4.17. The van der Waals surface area contributed by atoms with Gasteiger partial charge in [-0.05, 0) is 6.42 Å². The first-order chi connectivity index (χ1) is 7.15. The first kappa shape index (κ1) is 11.6. The van der Waals surface area contributed by atoms with Gasteiger partial charge in [0.2, 0.25) is 0 Å². The fourth-order valence-corrected chi connectivity index (χ4v) is 1.39. The predicted molar refractivity (Wildman–Crippen MR) is 53.7 cm³/mol. The number of amides is 1. The lowest BCUT2D eigenvalue weighted by atomic mass is 10.1. The Morgan fingerprint density at radius 3 is 2.87 bits per heavy atom. The number of nitrogens with zero attached hydrogens (tertiary/aromatic N) is 2. The van der Waals surface area contributed by atoms with Crippen LogP contribution in [0.5, 0.6) is 0 Å². The smallest absolute Gasteiger partial charge is 0.308 e. The van der Waals surface area contributed by atoms with Gasteiger partial charge in [-0.1, -0.05) is 6.92 Å². The van der Waals surface area contributed by atoms with Crippen molar-refractivity contribution in [3.8, 4) is 0 Å². The second-order valence-corrected chi connectivity index (χ2v) is 3.50. The lowest BCUT2D eigenvalue weighted by Gasteiger charge is -2.09. The summed E-state index contributed by atoms with van der Waals surface area (Å²) in [5.74, 6) is -1.85. The molecule has 1 atom stereocenters. The molecule has 1 amide bonds. The van der Waals surface area contributed by atoms with Crippen LogP contribution in [0.25, 0.3) is 0 Å². The number of nitrogens with one attached hydrogen (secondary N) is 1. The van der Waals surface area contributed by atoms with E-state index < -0.39 is 11.9 Å². The van der Waals surface area contributed by atoms with Gasteiger partial charge in [-0.3, -0.25) is 9.59 Å². The normalized spacial score (nSPS) is 12.1. The van der Waals surface area contributed by atoms with Gasteiger partial charge in [-0.2, -0.15) is 8.75 Å². The van der Waals surface area contributed by atoms with Crippen LogP contribution in [-0.2, 0) is 4.79 Å². The highest BCUT2D eigenvalue weighted by Crippen LogP contribution is 2.01. The molecule has 0 aliphatic rings. The molecular weight excluding hydrogens is 218 g/mol. The number of carbonyl (C=O) groups is 2. The summed E-state index contributed by atoms with van der Waals surface area (Å²) in [6, 6.07) is 0. The van der Waals surface area contributed by atoms with Crippen molar-refractivity contribution in [1.82, 2.24) is 14.1 Å². The Morgan fingerprint density at radius 1 is 1.67 bits per heavy atom. The second-order valence-electron chi connectivity index (χ2n) is 2.95. The van der Waals surface area contributed by atoms with Crippen molar-refractivity contribution in [1.29, 1.82) is 0 Å². The summed E-state index contributed by atoms with van der Waals surface area (Å²) in [6.45, 7) is 1.87. The molecule has 0 spiro atoms. The maximum Gasteiger partial charge on any atom is 0.308 e. The summed E-state index contributed by atoms with van der Waals surface area (Å²) in [5, 5.41) is 11.2. The van der Waals surface area contributed by atoms with Crippen LogP contribution in [-0.4, -0.2) is 32.3 Å². The number of hydrogen-bond donors (Lipinski definition) is 2. The zero-order valence-electron chi connectivity index (χ0n) is 8.14. The van der Waals surface area contributed by atoms with Crippen LogP contribution in [0, 0.1) is 5.92 Å². The molecule has 1 aromatic rings. The van der Waals surface area contributed by atoms with Crippen molar-refractivity contribution in [2.75, 3.05) is 6.54 Å².